The number of thiazole rings is 1. The smallest absolute Gasteiger partial charge is 0.347 e. The molecule has 0 radical (unpaired) electrons. The van der Waals surface area contributed by atoms with E-state index in [0.29, 0.717) is 17.2 Å². The second kappa shape index (κ2) is 6.22. The van der Waals surface area contributed by atoms with E-state index in [9.17, 15) is 9.90 Å². The van der Waals surface area contributed by atoms with Crippen LogP contribution in [0.2, 0.25) is 0 Å². The number of methoxy groups -OCH3 is 1. The van der Waals surface area contributed by atoms with E-state index >= 15 is 0 Å². The van der Waals surface area contributed by atoms with E-state index < -0.39 is 5.97 Å². The van der Waals surface area contributed by atoms with Crippen molar-refractivity contribution in [2.45, 2.75) is 58.0 Å². The molecule has 0 bridgehead atoms. The van der Waals surface area contributed by atoms with Crippen LogP contribution in [-0.4, -0.2) is 23.2 Å². The lowest BCUT2D eigenvalue weighted by atomic mass is 9.80. The Hall–Kier alpha value is -0.940. The first-order chi connectivity index (χ1) is 9.52. The van der Waals surface area contributed by atoms with Crippen molar-refractivity contribution in [2.75, 3.05) is 7.11 Å². The minimum atomic E-state index is -0.868. The first-order valence-corrected chi connectivity index (χ1v) is 8.12. The molecule has 1 aromatic heterocycles. The van der Waals surface area contributed by atoms with Crippen molar-refractivity contribution in [3.05, 3.63) is 15.6 Å². The number of hydrogen-bond donors (Lipinski definition) is 1. The van der Waals surface area contributed by atoms with Gasteiger partial charge < -0.3 is 9.84 Å². The maximum atomic E-state index is 11.4. The molecule has 112 valence electrons. The van der Waals surface area contributed by atoms with Crippen LogP contribution in [0.25, 0.3) is 0 Å². The molecule has 5 heteroatoms. The van der Waals surface area contributed by atoms with Crippen molar-refractivity contribution in [3.8, 4) is 0 Å². The van der Waals surface area contributed by atoms with Gasteiger partial charge in [0, 0.05) is 7.11 Å². The predicted octanol–water partition coefficient (Wildman–Crippen LogP) is 3.85. The third kappa shape index (κ3) is 2.88. The molecule has 1 aromatic rings. The van der Waals surface area contributed by atoms with Crippen LogP contribution in [-0.2, 0) is 16.8 Å². The number of carbonyl (C=O) groups is 1. The zero-order chi connectivity index (χ0) is 14.8. The van der Waals surface area contributed by atoms with Crippen LogP contribution < -0.4 is 0 Å². The maximum absolute atomic E-state index is 11.4. The third-order valence-corrected chi connectivity index (χ3v) is 5.51. The van der Waals surface area contributed by atoms with Crippen molar-refractivity contribution in [3.63, 3.8) is 0 Å². The van der Waals surface area contributed by atoms with Gasteiger partial charge in [0.05, 0.1) is 5.69 Å². The van der Waals surface area contributed by atoms with Crippen molar-refractivity contribution >= 4 is 17.3 Å². The summed E-state index contributed by atoms with van der Waals surface area (Å²) in [6.45, 7) is 4.30. The topological polar surface area (TPSA) is 59.4 Å². The highest BCUT2D eigenvalue weighted by molar-refractivity contribution is 7.13. The molecular formula is C15H23NO3S. The fraction of sp³-hybridized carbons (Fsp3) is 0.733. The molecule has 0 atom stereocenters. The molecular weight excluding hydrogens is 274 g/mol. The van der Waals surface area contributed by atoms with Gasteiger partial charge in [-0.25, -0.2) is 9.78 Å². The highest BCUT2D eigenvalue weighted by Crippen LogP contribution is 2.44. The van der Waals surface area contributed by atoms with Gasteiger partial charge in [0.1, 0.15) is 15.5 Å². The number of nitrogens with zero attached hydrogens (tertiary/aromatic N) is 1. The van der Waals surface area contributed by atoms with E-state index in [2.05, 4.69) is 11.9 Å². The summed E-state index contributed by atoms with van der Waals surface area (Å²) in [5, 5.41) is 10.2. The Morgan fingerprint density at radius 2 is 2.15 bits per heavy atom. The first-order valence-electron chi connectivity index (χ1n) is 7.31. The molecule has 0 amide bonds. The minimum Gasteiger partial charge on any atom is -0.477 e. The molecule has 2 rings (SSSR count). The Bertz CT molecular complexity index is 475. The number of carboxylic acids is 1. The lowest BCUT2D eigenvalue weighted by molar-refractivity contribution is -0.0531. The van der Waals surface area contributed by atoms with Crippen molar-refractivity contribution in [2.24, 2.45) is 5.92 Å². The summed E-state index contributed by atoms with van der Waals surface area (Å²) in [6, 6.07) is 0. The van der Waals surface area contributed by atoms with Gasteiger partial charge >= 0.3 is 5.97 Å². The normalized spacial score (nSPS) is 26.6. The van der Waals surface area contributed by atoms with E-state index in [-0.39, 0.29) is 5.60 Å². The molecule has 1 N–H and O–H groups in total. The van der Waals surface area contributed by atoms with Gasteiger partial charge in [-0.2, -0.15) is 0 Å². The van der Waals surface area contributed by atoms with Gasteiger partial charge in [-0.3, -0.25) is 0 Å². The minimum absolute atomic E-state index is 0.368. The molecule has 0 spiro atoms. The van der Waals surface area contributed by atoms with Crippen LogP contribution in [0.4, 0.5) is 0 Å². The summed E-state index contributed by atoms with van der Waals surface area (Å²) < 4.78 is 5.79. The number of aryl methyl sites for hydroxylation is 1. The fourth-order valence-electron chi connectivity index (χ4n) is 2.85. The molecule has 0 unspecified atom stereocenters. The van der Waals surface area contributed by atoms with E-state index in [1.54, 1.807) is 7.11 Å². The Morgan fingerprint density at radius 1 is 1.50 bits per heavy atom. The summed E-state index contributed by atoms with van der Waals surface area (Å²) in [5.41, 5.74) is 0.350. The molecule has 1 heterocycles. The molecule has 1 fully saturated rings. The highest BCUT2D eigenvalue weighted by atomic mass is 32.1. The summed E-state index contributed by atoms with van der Waals surface area (Å²) in [4.78, 5) is 16.4. The van der Waals surface area contributed by atoms with Crippen LogP contribution >= 0.6 is 11.3 Å². The SMILES string of the molecule is CCCc1nc(C2(OC)CCC(C)CC2)sc1C(=O)O. The number of rotatable bonds is 5. The quantitative estimate of drug-likeness (QED) is 0.897. The zero-order valence-electron chi connectivity index (χ0n) is 12.4. The average molecular weight is 297 g/mol. The maximum Gasteiger partial charge on any atom is 0.347 e. The number of aromatic nitrogens is 1. The van der Waals surface area contributed by atoms with Gasteiger partial charge in [0.15, 0.2) is 0 Å². The summed E-state index contributed by atoms with van der Waals surface area (Å²) in [7, 11) is 1.72. The first kappa shape index (κ1) is 15.4. The molecule has 1 aliphatic carbocycles. The van der Waals surface area contributed by atoms with Gasteiger partial charge in [-0.1, -0.05) is 20.3 Å². The molecule has 0 aliphatic heterocycles. The van der Waals surface area contributed by atoms with Crippen LogP contribution in [0, 0.1) is 5.92 Å². The molecule has 1 aliphatic rings. The number of carboxylic acid groups (broad SMARTS) is 1. The second-order valence-corrected chi connectivity index (χ2v) is 6.73. The zero-order valence-corrected chi connectivity index (χ0v) is 13.3. The molecule has 20 heavy (non-hydrogen) atoms. The standard InChI is InChI=1S/C15H23NO3S/c1-4-5-11-12(13(17)18)20-14(16-11)15(19-3)8-6-10(2)7-9-15/h10H,4-9H2,1-3H3,(H,17,18). The van der Waals surface area contributed by atoms with Crippen molar-refractivity contribution < 1.29 is 14.6 Å². The van der Waals surface area contributed by atoms with E-state index in [4.69, 9.17) is 4.74 Å². The van der Waals surface area contributed by atoms with Crippen LogP contribution in [0.3, 0.4) is 0 Å². The second-order valence-electron chi connectivity index (χ2n) is 5.73. The van der Waals surface area contributed by atoms with Gasteiger partial charge in [-0.05, 0) is 38.0 Å². The molecule has 1 saturated carbocycles. The number of ether oxygens (including phenoxy) is 1. The predicted molar refractivity (Wildman–Crippen MR) is 79.4 cm³/mol. The van der Waals surface area contributed by atoms with Crippen LogP contribution in [0.15, 0.2) is 0 Å². The number of aromatic carboxylic acids is 1. The van der Waals surface area contributed by atoms with E-state index in [0.717, 1.165) is 42.8 Å². The lowest BCUT2D eigenvalue weighted by Crippen LogP contribution is -2.33. The number of hydrogen-bond acceptors (Lipinski definition) is 4. The molecule has 0 saturated heterocycles. The van der Waals surface area contributed by atoms with Crippen molar-refractivity contribution in [1.29, 1.82) is 0 Å². The van der Waals surface area contributed by atoms with Crippen LogP contribution in [0.5, 0.6) is 0 Å². The average Bonchev–Trinajstić information content (AvgIpc) is 2.85. The van der Waals surface area contributed by atoms with E-state index in [1.165, 1.54) is 11.3 Å². The Kier molecular flexibility index (Phi) is 4.81. The lowest BCUT2D eigenvalue weighted by Gasteiger charge is -2.36. The Labute approximate surface area is 124 Å². The summed E-state index contributed by atoms with van der Waals surface area (Å²) >= 11 is 1.30. The van der Waals surface area contributed by atoms with E-state index in [1.807, 2.05) is 6.92 Å². The summed E-state index contributed by atoms with van der Waals surface area (Å²) in [6.07, 6.45) is 5.71. The molecule has 0 aromatic carbocycles. The van der Waals surface area contributed by atoms with Gasteiger partial charge in [0.2, 0.25) is 0 Å². The van der Waals surface area contributed by atoms with Gasteiger partial charge in [0.25, 0.3) is 0 Å². The Balaban J connectivity index is 2.35. The fourth-order valence-corrected chi connectivity index (χ4v) is 4.03. The Morgan fingerprint density at radius 3 is 2.65 bits per heavy atom. The third-order valence-electron chi connectivity index (χ3n) is 4.24. The van der Waals surface area contributed by atoms with Crippen molar-refractivity contribution in [1.82, 2.24) is 4.98 Å². The summed E-state index contributed by atoms with van der Waals surface area (Å²) in [5.74, 6) is -0.153. The molecule has 4 nitrogen and oxygen atoms in total. The highest BCUT2D eigenvalue weighted by Gasteiger charge is 2.39. The van der Waals surface area contributed by atoms with Gasteiger partial charge in [-0.15, -0.1) is 11.3 Å². The monoisotopic (exact) mass is 297 g/mol. The largest absolute Gasteiger partial charge is 0.477 e. The van der Waals surface area contributed by atoms with Crippen LogP contribution in [0.1, 0.15) is 66.3 Å².